The molecule has 0 aliphatic rings. The number of fused-ring (bicyclic) bond motifs is 7. The van der Waals surface area contributed by atoms with Gasteiger partial charge in [-0.3, -0.25) is 0 Å². The molecule has 1 heteroatoms. The summed E-state index contributed by atoms with van der Waals surface area (Å²) in [5.74, 6) is 0. The molecule has 0 saturated heterocycles. The summed E-state index contributed by atoms with van der Waals surface area (Å²) in [7, 11) is 0. The molecule has 0 radical (unpaired) electrons. The number of rotatable bonds is 7. The van der Waals surface area contributed by atoms with Crippen LogP contribution in [0.1, 0.15) is 16.7 Å². The van der Waals surface area contributed by atoms with Crippen LogP contribution in [0, 0.1) is 0 Å². The molecule has 0 fully saturated rings. The minimum Gasteiger partial charge on any atom is -0.309 e. The van der Waals surface area contributed by atoms with Crippen molar-refractivity contribution in [2.24, 2.45) is 0 Å². The van der Waals surface area contributed by atoms with Crippen LogP contribution in [0.15, 0.2) is 255 Å². The van der Waals surface area contributed by atoms with Crippen LogP contribution in [0.2, 0.25) is 0 Å². The lowest BCUT2D eigenvalue weighted by Gasteiger charge is -2.22. The molecule has 13 rings (SSSR count). The zero-order valence-corrected chi connectivity index (χ0v) is 36.8. The first kappa shape index (κ1) is 38.7. The molecule has 0 amide bonds. The Bertz CT molecular complexity index is 3890. The highest BCUT2D eigenvalue weighted by Gasteiger charge is 2.23. The predicted molar refractivity (Wildman–Crippen MR) is 287 cm³/mol. The first-order valence-electron chi connectivity index (χ1n) is 23.2. The monoisotopic (exact) mass is 849 g/mol. The Kier molecular flexibility index (Phi) is 9.25. The molecule has 0 atom stereocenters. The Morgan fingerprint density at radius 2 is 0.627 bits per heavy atom. The topological polar surface area (TPSA) is 4.93 Å². The summed E-state index contributed by atoms with van der Waals surface area (Å²) in [4.78, 5) is 0. The van der Waals surface area contributed by atoms with E-state index in [4.69, 9.17) is 0 Å². The standard InChI is InChI=1S/C66H43N/c1-4-20-45(21-5-1)59(46-22-6-2-7-23-46)42-44-36-38-47(39-37-44)63-51-27-10-14-31-55(51)65(56-32-15-11-28-52(56)63)66-57-33-16-12-29-53(57)64(54-30-13-17-34-58(54)66)48-40-41-62-60(43-48)50-26-18-19-35-61(50)67(62)49-24-8-3-9-25-49/h1-43H. The summed E-state index contributed by atoms with van der Waals surface area (Å²) < 4.78 is 2.40. The van der Waals surface area contributed by atoms with Crippen LogP contribution in [-0.4, -0.2) is 4.57 Å². The van der Waals surface area contributed by atoms with Gasteiger partial charge >= 0.3 is 0 Å². The molecular formula is C66H43N. The maximum atomic E-state index is 2.43. The molecule has 1 heterocycles. The van der Waals surface area contributed by atoms with Crippen LogP contribution >= 0.6 is 0 Å². The molecule has 1 aromatic heterocycles. The van der Waals surface area contributed by atoms with Crippen molar-refractivity contribution >= 4 is 76.5 Å². The van der Waals surface area contributed by atoms with Gasteiger partial charge in [0.25, 0.3) is 0 Å². The van der Waals surface area contributed by atoms with Crippen molar-refractivity contribution in [1.29, 1.82) is 0 Å². The van der Waals surface area contributed by atoms with Crippen LogP contribution < -0.4 is 0 Å². The summed E-state index contributed by atoms with van der Waals surface area (Å²) >= 11 is 0. The van der Waals surface area contributed by atoms with E-state index < -0.39 is 0 Å². The Morgan fingerprint density at radius 3 is 1.10 bits per heavy atom. The molecule has 67 heavy (non-hydrogen) atoms. The number of benzene rings is 12. The molecule has 0 unspecified atom stereocenters. The van der Waals surface area contributed by atoms with Gasteiger partial charge in [-0.2, -0.15) is 0 Å². The van der Waals surface area contributed by atoms with E-state index in [1.54, 1.807) is 0 Å². The summed E-state index contributed by atoms with van der Waals surface area (Å²) in [6.07, 6.45) is 2.31. The van der Waals surface area contributed by atoms with Gasteiger partial charge in [-0.1, -0.05) is 224 Å². The van der Waals surface area contributed by atoms with E-state index >= 15 is 0 Å². The maximum absolute atomic E-state index is 2.43. The largest absolute Gasteiger partial charge is 0.309 e. The molecule has 312 valence electrons. The van der Waals surface area contributed by atoms with Crippen molar-refractivity contribution in [3.63, 3.8) is 0 Å². The highest BCUT2D eigenvalue weighted by atomic mass is 15.0. The van der Waals surface area contributed by atoms with Gasteiger partial charge in [0.15, 0.2) is 0 Å². The summed E-state index contributed by atoms with van der Waals surface area (Å²) in [5.41, 5.74) is 15.8. The molecular weight excluding hydrogens is 807 g/mol. The van der Waals surface area contributed by atoms with Crippen molar-refractivity contribution in [3.05, 3.63) is 271 Å². The Morgan fingerprint density at radius 1 is 0.269 bits per heavy atom. The van der Waals surface area contributed by atoms with Gasteiger partial charge in [0.2, 0.25) is 0 Å². The highest BCUT2D eigenvalue weighted by Crippen LogP contribution is 2.50. The van der Waals surface area contributed by atoms with Gasteiger partial charge in [-0.05, 0) is 135 Å². The molecule has 0 bridgehead atoms. The third-order valence-corrected chi connectivity index (χ3v) is 13.8. The van der Waals surface area contributed by atoms with E-state index in [0.29, 0.717) is 0 Å². The van der Waals surface area contributed by atoms with Crippen LogP contribution in [0.4, 0.5) is 0 Å². The van der Waals surface area contributed by atoms with Crippen molar-refractivity contribution in [2.75, 3.05) is 0 Å². The van der Waals surface area contributed by atoms with Gasteiger partial charge in [-0.15, -0.1) is 0 Å². The average Bonchev–Trinajstić information content (AvgIpc) is 3.73. The summed E-state index contributed by atoms with van der Waals surface area (Å²) in [5, 5.41) is 12.5. The fourth-order valence-corrected chi connectivity index (χ4v) is 10.9. The fraction of sp³-hybridized carbons (Fsp3) is 0. The second-order valence-corrected chi connectivity index (χ2v) is 17.5. The minimum atomic E-state index is 1.16. The third-order valence-electron chi connectivity index (χ3n) is 13.8. The minimum absolute atomic E-state index is 1.16. The molecule has 0 aliphatic carbocycles. The molecule has 0 saturated carbocycles. The predicted octanol–water partition coefficient (Wildman–Crippen LogP) is 18.0. The van der Waals surface area contributed by atoms with E-state index in [-0.39, 0.29) is 0 Å². The number of para-hydroxylation sites is 2. The van der Waals surface area contributed by atoms with Crippen LogP contribution in [0.25, 0.3) is 116 Å². The lowest BCUT2D eigenvalue weighted by Crippen LogP contribution is -1.95. The molecule has 13 aromatic rings. The average molecular weight is 850 g/mol. The Hall–Kier alpha value is -8.78. The van der Waals surface area contributed by atoms with Crippen LogP contribution in [0.5, 0.6) is 0 Å². The first-order chi connectivity index (χ1) is 33.3. The lowest BCUT2D eigenvalue weighted by atomic mass is 9.81. The summed E-state index contributed by atoms with van der Waals surface area (Å²) in [6, 6.07) is 93.4. The quantitative estimate of drug-likeness (QED) is 0.111. The maximum Gasteiger partial charge on any atom is 0.0541 e. The van der Waals surface area contributed by atoms with E-state index in [1.165, 1.54) is 115 Å². The highest BCUT2D eigenvalue weighted by molar-refractivity contribution is 6.30. The number of nitrogens with zero attached hydrogens (tertiary/aromatic N) is 1. The molecule has 0 spiro atoms. The second kappa shape index (κ2) is 16.0. The van der Waals surface area contributed by atoms with Crippen LogP contribution in [0.3, 0.4) is 0 Å². The zero-order chi connectivity index (χ0) is 44.3. The normalized spacial score (nSPS) is 11.6. The van der Waals surface area contributed by atoms with E-state index in [2.05, 4.69) is 265 Å². The zero-order valence-electron chi connectivity index (χ0n) is 36.8. The first-order valence-corrected chi connectivity index (χ1v) is 23.2. The molecule has 12 aromatic carbocycles. The fourth-order valence-electron chi connectivity index (χ4n) is 10.9. The summed E-state index contributed by atoms with van der Waals surface area (Å²) in [6.45, 7) is 0. The van der Waals surface area contributed by atoms with E-state index in [1.807, 2.05) is 0 Å². The third kappa shape index (κ3) is 6.39. The number of hydrogen-bond acceptors (Lipinski definition) is 0. The molecule has 0 aliphatic heterocycles. The molecule has 0 N–H and O–H groups in total. The van der Waals surface area contributed by atoms with E-state index in [0.717, 1.165) is 11.3 Å². The second-order valence-electron chi connectivity index (χ2n) is 17.5. The van der Waals surface area contributed by atoms with Crippen molar-refractivity contribution in [3.8, 4) is 39.1 Å². The lowest BCUT2D eigenvalue weighted by molar-refractivity contribution is 1.18. The Balaban J connectivity index is 1.02. The van der Waals surface area contributed by atoms with Gasteiger partial charge < -0.3 is 4.57 Å². The number of hydrogen-bond donors (Lipinski definition) is 0. The SMILES string of the molecule is C(=C(c1ccccc1)c1ccccc1)c1ccc(-c2c3ccccc3c(-c3c4ccccc4c(-c4ccc5c(c4)c4ccccc4n5-c4ccccc4)c4ccccc34)c3ccccc23)cc1. The molecule has 1 nitrogen and oxygen atoms in total. The van der Waals surface area contributed by atoms with Crippen molar-refractivity contribution in [2.45, 2.75) is 0 Å². The van der Waals surface area contributed by atoms with Crippen molar-refractivity contribution in [1.82, 2.24) is 4.57 Å². The number of aromatic nitrogens is 1. The van der Waals surface area contributed by atoms with E-state index in [9.17, 15) is 0 Å². The van der Waals surface area contributed by atoms with Gasteiger partial charge in [0.05, 0.1) is 11.0 Å². The van der Waals surface area contributed by atoms with Gasteiger partial charge in [0, 0.05) is 16.5 Å². The van der Waals surface area contributed by atoms with Crippen molar-refractivity contribution < 1.29 is 0 Å². The smallest absolute Gasteiger partial charge is 0.0541 e. The van der Waals surface area contributed by atoms with Gasteiger partial charge in [-0.25, -0.2) is 0 Å². The van der Waals surface area contributed by atoms with Gasteiger partial charge in [0.1, 0.15) is 0 Å². The van der Waals surface area contributed by atoms with Crippen LogP contribution in [-0.2, 0) is 0 Å². The Labute approximate surface area is 389 Å².